The number of aromatic nitrogens is 1. The van der Waals surface area contributed by atoms with Crippen LogP contribution in [0.3, 0.4) is 0 Å². The van der Waals surface area contributed by atoms with Crippen molar-refractivity contribution >= 4 is 35.1 Å². The summed E-state index contributed by atoms with van der Waals surface area (Å²) in [5.41, 5.74) is 3.63. The van der Waals surface area contributed by atoms with E-state index in [2.05, 4.69) is 21.8 Å². The van der Waals surface area contributed by atoms with E-state index in [0.717, 1.165) is 46.4 Å². The second kappa shape index (κ2) is 9.57. The Morgan fingerprint density at radius 1 is 1.08 bits per heavy atom. The number of hydrogen-bond donors (Lipinski definition) is 1. The zero-order valence-electron chi connectivity index (χ0n) is 20.5. The number of thioether (sulfide) groups is 1. The average molecular weight is 514 g/mol. The van der Waals surface area contributed by atoms with Crippen molar-refractivity contribution in [2.45, 2.75) is 23.4 Å². The van der Waals surface area contributed by atoms with Gasteiger partial charge in [0.25, 0.3) is 0 Å². The zero-order valence-corrected chi connectivity index (χ0v) is 21.3. The summed E-state index contributed by atoms with van der Waals surface area (Å²) in [5.74, 6) is 1.44. The van der Waals surface area contributed by atoms with Gasteiger partial charge in [-0.15, -0.1) is 0 Å². The zero-order chi connectivity index (χ0) is 25.5. The van der Waals surface area contributed by atoms with E-state index in [1.165, 1.54) is 6.08 Å². The van der Waals surface area contributed by atoms with Crippen LogP contribution in [0.2, 0.25) is 0 Å². The number of piperazine rings is 1. The lowest BCUT2D eigenvalue weighted by molar-refractivity contribution is -0.127. The molecule has 1 fully saturated rings. The van der Waals surface area contributed by atoms with Crippen molar-refractivity contribution in [1.82, 2.24) is 20.1 Å². The molecule has 1 saturated heterocycles. The van der Waals surface area contributed by atoms with Crippen LogP contribution in [0.1, 0.15) is 17.2 Å². The maximum absolute atomic E-state index is 13.6. The fourth-order valence-corrected chi connectivity index (χ4v) is 6.63. The quantitative estimate of drug-likeness (QED) is 0.492. The molecule has 1 N–H and O–H groups in total. The lowest BCUT2D eigenvalue weighted by atomic mass is 10.0. The van der Waals surface area contributed by atoms with Crippen LogP contribution in [0.15, 0.2) is 78.5 Å². The highest BCUT2D eigenvalue weighted by molar-refractivity contribution is 8.00. The van der Waals surface area contributed by atoms with Crippen LogP contribution in [0.5, 0.6) is 11.5 Å². The van der Waals surface area contributed by atoms with Gasteiger partial charge in [-0.1, -0.05) is 36.5 Å². The van der Waals surface area contributed by atoms with Crippen molar-refractivity contribution < 1.29 is 14.3 Å². The molecule has 2 atom stereocenters. The number of urea groups is 1. The number of para-hydroxylation sites is 1. The molecular formula is C28H27N5O3S. The van der Waals surface area contributed by atoms with E-state index in [4.69, 9.17) is 4.74 Å². The second-order valence-electron chi connectivity index (χ2n) is 9.25. The Morgan fingerprint density at radius 3 is 2.59 bits per heavy atom. The number of ether oxygens (including phenoxy) is 1. The van der Waals surface area contributed by atoms with Crippen LogP contribution in [0.25, 0.3) is 0 Å². The molecule has 0 saturated carbocycles. The third kappa shape index (κ3) is 4.24. The molecule has 4 heterocycles. The van der Waals surface area contributed by atoms with Gasteiger partial charge in [0, 0.05) is 37.9 Å². The summed E-state index contributed by atoms with van der Waals surface area (Å²) in [6.45, 7) is 8.33. The first-order valence-corrected chi connectivity index (χ1v) is 13.2. The highest BCUT2D eigenvalue weighted by atomic mass is 32.2. The standard InChI is InChI=1S/C28H27N5O3S/c1-3-23(34)31-13-15-32(16-14-31)27-25-24-22(11-12-29-26(24)37-27)33(28(35)30-25)21-10-9-20(17-18(21)2)36-19-7-5-4-6-8-19/h3-12,17,25,27H,1,13-16H2,2H3,(H,30,35). The highest BCUT2D eigenvalue weighted by Gasteiger charge is 2.46. The molecule has 0 spiro atoms. The first-order chi connectivity index (χ1) is 18.0. The Labute approximate surface area is 219 Å². The fourth-order valence-electron chi connectivity index (χ4n) is 5.22. The van der Waals surface area contributed by atoms with Crippen LogP contribution in [-0.2, 0) is 4.79 Å². The van der Waals surface area contributed by atoms with Gasteiger partial charge < -0.3 is 15.0 Å². The number of nitrogens with one attached hydrogen (secondary N) is 1. The molecule has 3 aliphatic rings. The van der Waals surface area contributed by atoms with E-state index in [0.29, 0.717) is 18.8 Å². The summed E-state index contributed by atoms with van der Waals surface area (Å²) < 4.78 is 5.99. The van der Waals surface area contributed by atoms with Crippen molar-refractivity contribution in [1.29, 1.82) is 0 Å². The van der Waals surface area contributed by atoms with Crippen molar-refractivity contribution in [3.8, 4) is 11.5 Å². The van der Waals surface area contributed by atoms with Gasteiger partial charge in [0.05, 0.1) is 22.8 Å². The molecule has 0 bridgehead atoms. The van der Waals surface area contributed by atoms with Gasteiger partial charge in [0.2, 0.25) is 5.91 Å². The third-order valence-corrected chi connectivity index (χ3v) is 8.39. The molecule has 3 amide bonds. The summed E-state index contributed by atoms with van der Waals surface area (Å²) in [5, 5.41) is 4.21. The number of aryl methyl sites for hydroxylation is 1. The number of nitrogens with zero attached hydrogens (tertiary/aromatic N) is 4. The molecule has 1 aromatic heterocycles. The first-order valence-electron chi connectivity index (χ1n) is 12.3. The van der Waals surface area contributed by atoms with Gasteiger partial charge in [-0.2, -0.15) is 0 Å². The molecule has 37 heavy (non-hydrogen) atoms. The number of amides is 3. The minimum atomic E-state index is -0.171. The molecule has 6 rings (SSSR count). The molecule has 8 nitrogen and oxygen atoms in total. The van der Waals surface area contributed by atoms with Crippen LogP contribution in [0.4, 0.5) is 16.2 Å². The van der Waals surface area contributed by atoms with Gasteiger partial charge in [0.15, 0.2) is 0 Å². The molecule has 0 aliphatic carbocycles. The van der Waals surface area contributed by atoms with Gasteiger partial charge in [-0.05, 0) is 55.0 Å². The number of hydrogen-bond acceptors (Lipinski definition) is 6. The number of pyridine rings is 1. The van der Waals surface area contributed by atoms with E-state index in [1.54, 1.807) is 22.9 Å². The number of rotatable bonds is 5. The Hall–Kier alpha value is -3.82. The normalized spacial score (nSPS) is 20.8. The SMILES string of the molecule is C=CC(=O)N1CCN(C2Sc3nccc4c3C2NC(=O)N4c2ccc(Oc3ccccc3)cc2C)CC1. The summed E-state index contributed by atoms with van der Waals surface area (Å²) in [4.78, 5) is 36.1. The summed E-state index contributed by atoms with van der Waals surface area (Å²) in [6, 6.07) is 17.0. The lowest BCUT2D eigenvalue weighted by Gasteiger charge is -2.41. The molecule has 3 aromatic rings. The third-order valence-electron chi connectivity index (χ3n) is 7.03. The largest absolute Gasteiger partial charge is 0.457 e. The lowest BCUT2D eigenvalue weighted by Crippen LogP contribution is -2.55. The first kappa shape index (κ1) is 23.6. The summed E-state index contributed by atoms with van der Waals surface area (Å²) in [7, 11) is 0. The smallest absolute Gasteiger partial charge is 0.327 e. The molecule has 3 aliphatic heterocycles. The van der Waals surface area contributed by atoms with Gasteiger partial charge in [-0.25, -0.2) is 9.78 Å². The Balaban J connectivity index is 1.26. The number of benzene rings is 2. The van der Waals surface area contributed by atoms with E-state index < -0.39 is 0 Å². The van der Waals surface area contributed by atoms with Crippen molar-refractivity contribution in [2.75, 3.05) is 31.1 Å². The highest BCUT2D eigenvalue weighted by Crippen LogP contribution is 2.52. The number of carbonyl (C=O) groups is 2. The van der Waals surface area contributed by atoms with Crippen LogP contribution >= 0.6 is 11.8 Å². The van der Waals surface area contributed by atoms with Crippen molar-refractivity contribution in [3.63, 3.8) is 0 Å². The van der Waals surface area contributed by atoms with Crippen LogP contribution in [-0.4, -0.2) is 58.3 Å². The van der Waals surface area contributed by atoms with E-state index >= 15 is 0 Å². The maximum Gasteiger partial charge on any atom is 0.327 e. The van der Waals surface area contributed by atoms with Crippen molar-refractivity contribution in [3.05, 3.63) is 84.6 Å². The number of carbonyl (C=O) groups excluding carboxylic acids is 2. The average Bonchev–Trinajstić information content (AvgIpc) is 3.29. The fraction of sp³-hybridized carbons (Fsp3) is 0.250. The Bertz CT molecular complexity index is 1370. The predicted molar refractivity (Wildman–Crippen MR) is 143 cm³/mol. The maximum atomic E-state index is 13.6. The minimum Gasteiger partial charge on any atom is -0.457 e. The molecule has 9 heteroatoms. The second-order valence-corrected chi connectivity index (χ2v) is 10.4. The Morgan fingerprint density at radius 2 is 1.86 bits per heavy atom. The van der Waals surface area contributed by atoms with E-state index in [1.807, 2.05) is 66.4 Å². The molecule has 2 unspecified atom stereocenters. The predicted octanol–water partition coefficient (Wildman–Crippen LogP) is 4.85. The van der Waals surface area contributed by atoms with Gasteiger partial charge in [-0.3, -0.25) is 14.6 Å². The number of anilines is 2. The molecule has 2 aromatic carbocycles. The van der Waals surface area contributed by atoms with Crippen LogP contribution in [0, 0.1) is 6.92 Å². The van der Waals surface area contributed by atoms with Crippen LogP contribution < -0.4 is 15.0 Å². The van der Waals surface area contributed by atoms with E-state index in [-0.39, 0.29) is 23.4 Å². The molecule has 0 radical (unpaired) electrons. The molecule has 188 valence electrons. The Kier molecular flexibility index (Phi) is 6.10. The summed E-state index contributed by atoms with van der Waals surface area (Å²) >= 11 is 1.68. The monoisotopic (exact) mass is 513 g/mol. The minimum absolute atomic E-state index is 0.0264. The van der Waals surface area contributed by atoms with Crippen molar-refractivity contribution in [2.24, 2.45) is 0 Å². The van der Waals surface area contributed by atoms with Gasteiger partial charge >= 0.3 is 6.03 Å². The summed E-state index contributed by atoms with van der Waals surface area (Å²) in [6.07, 6.45) is 3.14. The van der Waals surface area contributed by atoms with E-state index in [9.17, 15) is 9.59 Å². The molecular weight excluding hydrogens is 486 g/mol. The topological polar surface area (TPSA) is 78.0 Å². The van der Waals surface area contributed by atoms with Gasteiger partial charge in [0.1, 0.15) is 16.5 Å².